The normalized spacial score (nSPS) is 15.6. The number of benzene rings is 2. The summed E-state index contributed by atoms with van der Waals surface area (Å²) >= 11 is 3.27. The molecule has 0 saturated heterocycles. The number of amides is 1. The molecule has 1 heterocycles. The molecule has 22 heavy (non-hydrogen) atoms. The van der Waals surface area contributed by atoms with Gasteiger partial charge in [0.1, 0.15) is 4.38 Å². The van der Waals surface area contributed by atoms with Crippen LogP contribution in [0.2, 0.25) is 0 Å². The zero-order valence-electron chi connectivity index (χ0n) is 12.4. The van der Waals surface area contributed by atoms with E-state index in [2.05, 4.69) is 34.6 Å². The summed E-state index contributed by atoms with van der Waals surface area (Å²) in [5, 5.41) is 5.48. The van der Waals surface area contributed by atoms with Crippen LogP contribution in [0.3, 0.4) is 0 Å². The van der Waals surface area contributed by atoms with Crippen molar-refractivity contribution < 1.29 is 4.79 Å². The molecule has 0 spiro atoms. The topological polar surface area (TPSA) is 41.5 Å². The maximum absolute atomic E-state index is 12.1. The number of aliphatic imine (C=N–C) groups is 1. The standard InChI is InChI=1S/C17H18N2OS2/c1-12(19-16(20)11-22-17-18-9-10-21-17)14-8-4-6-13-5-2-3-7-15(13)14/h2-8,12H,9-11H2,1H3,(H,19,20). The van der Waals surface area contributed by atoms with E-state index in [0.717, 1.165) is 22.2 Å². The third-order valence-corrected chi connectivity index (χ3v) is 5.80. The molecule has 2 aromatic rings. The fraction of sp³-hybridized carbons (Fsp3) is 0.294. The molecule has 1 atom stereocenters. The number of rotatable bonds is 4. The monoisotopic (exact) mass is 330 g/mol. The first-order chi connectivity index (χ1) is 10.7. The van der Waals surface area contributed by atoms with Crippen molar-refractivity contribution >= 4 is 44.6 Å². The second-order valence-electron chi connectivity index (χ2n) is 5.14. The van der Waals surface area contributed by atoms with E-state index in [9.17, 15) is 4.79 Å². The highest BCUT2D eigenvalue weighted by molar-refractivity contribution is 8.39. The van der Waals surface area contributed by atoms with E-state index in [1.165, 1.54) is 22.5 Å². The third kappa shape index (κ3) is 3.65. The van der Waals surface area contributed by atoms with Gasteiger partial charge in [-0.3, -0.25) is 9.79 Å². The minimum absolute atomic E-state index is 0.00244. The molecule has 0 saturated carbocycles. The first-order valence-corrected chi connectivity index (χ1v) is 9.28. The average molecular weight is 330 g/mol. The van der Waals surface area contributed by atoms with Crippen molar-refractivity contribution in [1.29, 1.82) is 0 Å². The number of hydrogen-bond donors (Lipinski definition) is 1. The van der Waals surface area contributed by atoms with Crippen molar-refractivity contribution in [2.45, 2.75) is 13.0 Å². The summed E-state index contributed by atoms with van der Waals surface area (Å²) in [5.41, 5.74) is 1.16. The molecule has 1 unspecified atom stereocenters. The van der Waals surface area contributed by atoms with Gasteiger partial charge in [-0.25, -0.2) is 0 Å². The molecule has 1 aliphatic rings. The summed E-state index contributed by atoms with van der Waals surface area (Å²) in [6, 6.07) is 14.5. The Labute approximate surface area is 139 Å². The van der Waals surface area contributed by atoms with Gasteiger partial charge in [0.05, 0.1) is 18.3 Å². The number of nitrogens with zero attached hydrogens (tertiary/aromatic N) is 1. The first kappa shape index (κ1) is 15.4. The van der Waals surface area contributed by atoms with E-state index < -0.39 is 0 Å². The molecule has 1 N–H and O–H groups in total. The van der Waals surface area contributed by atoms with E-state index in [1.807, 2.05) is 25.1 Å². The second-order valence-corrected chi connectivity index (χ2v) is 7.45. The van der Waals surface area contributed by atoms with Crippen LogP contribution in [0.5, 0.6) is 0 Å². The molecule has 0 aromatic heterocycles. The van der Waals surface area contributed by atoms with Gasteiger partial charge in [-0.05, 0) is 23.3 Å². The lowest BCUT2D eigenvalue weighted by Crippen LogP contribution is -2.28. The third-order valence-electron chi connectivity index (χ3n) is 3.55. The van der Waals surface area contributed by atoms with E-state index in [4.69, 9.17) is 0 Å². The number of carbonyl (C=O) groups excluding carboxylic acids is 1. The maximum Gasteiger partial charge on any atom is 0.230 e. The van der Waals surface area contributed by atoms with Crippen LogP contribution in [0.25, 0.3) is 10.8 Å². The molecule has 0 fully saturated rings. The van der Waals surface area contributed by atoms with Crippen molar-refractivity contribution in [2.24, 2.45) is 4.99 Å². The predicted octanol–water partition coefficient (Wildman–Crippen LogP) is 3.85. The Balaban J connectivity index is 1.65. The fourth-order valence-corrected chi connectivity index (χ4v) is 4.34. The lowest BCUT2D eigenvalue weighted by atomic mass is 10.00. The van der Waals surface area contributed by atoms with Crippen LogP contribution < -0.4 is 5.32 Å². The predicted molar refractivity (Wildman–Crippen MR) is 97.7 cm³/mol. The Bertz CT molecular complexity index is 709. The smallest absolute Gasteiger partial charge is 0.230 e. The highest BCUT2D eigenvalue weighted by Gasteiger charge is 2.14. The minimum atomic E-state index is -0.00244. The van der Waals surface area contributed by atoms with Crippen molar-refractivity contribution in [2.75, 3.05) is 18.1 Å². The van der Waals surface area contributed by atoms with Gasteiger partial charge in [-0.1, -0.05) is 66.0 Å². The second kappa shape index (κ2) is 7.20. The Morgan fingerprint density at radius 2 is 2.14 bits per heavy atom. The van der Waals surface area contributed by atoms with Gasteiger partial charge in [0.2, 0.25) is 5.91 Å². The Kier molecular flexibility index (Phi) is 5.05. The van der Waals surface area contributed by atoms with Crippen molar-refractivity contribution in [3.8, 4) is 0 Å². The lowest BCUT2D eigenvalue weighted by molar-refractivity contribution is -0.119. The highest BCUT2D eigenvalue weighted by atomic mass is 32.2. The highest BCUT2D eigenvalue weighted by Crippen LogP contribution is 2.25. The van der Waals surface area contributed by atoms with Crippen LogP contribution in [-0.2, 0) is 4.79 Å². The molecule has 2 aromatic carbocycles. The number of thioether (sulfide) groups is 2. The van der Waals surface area contributed by atoms with Crippen molar-refractivity contribution in [3.05, 3.63) is 48.0 Å². The van der Waals surface area contributed by atoms with Crippen LogP contribution >= 0.6 is 23.5 Å². The maximum atomic E-state index is 12.1. The summed E-state index contributed by atoms with van der Waals surface area (Å²) < 4.78 is 1.04. The number of fused-ring (bicyclic) bond motifs is 1. The molecule has 3 rings (SSSR count). The van der Waals surface area contributed by atoms with Crippen LogP contribution in [0.4, 0.5) is 0 Å². The summed E-state index contributed by atoms with van der Waals surface area (Å²) in [4.78, 5) is 16.5. The van der Waals surface area contributed by atoms with Gasteiger partial charge in [0, 0.05) is 5.75 Å². The molecule has 1 aliphatic heterocycles. The van der Waals surface area contributed by atoms with Gasteiger partial charge >= 0.3 is 0 Å². The van der Waals surface area contributed by atoms with E-state index in [-0.39, 0.29) is 11.9 Å². The van der Waals surface area contributed by atoms with Crippen LogP contribution in [-0.4, -0.2) is 28.3 Å². The van der Waals surface area contributed by atoms with Crippen molar-refractivity contribution in [1.82, 2.24) is 5.32 Å². The van der Waals surface area contributed by atoms with E-state index >= 15 is 0 Å². The van der Waals surface area contributed by atoms with Crippen LogP contribution in [0.15, 0.2) is 47.5 Å². The summed E-state index contributed by atoms with van der Waals surface area (Å²) in [6.45, 7) is 2.91. The summed E-state index contributed by atoms with van der Waals surface area (Å²) in [7, 11) is 0. The molecule has 3 nitrogen and oxygen atoms in total. The van der Waals surface area contributed by atoms with Crippen LogP contribution in [0, 0.1) is 0 Å². The zero-order valence-corrected chi connectivity index (χ0v) is 14.0. The largest absolute Gasteiger partial charge is 0.349 e. The van der Waals surface area contributed by atoms with Gasteiger partial charge in [-0.2, -0.15) is 0 Å². The van der Waals surface area contributed by atoms with E-state index in [1.54, 1.807) is 11.8 Å². The fourth-order valence-electron chi connectivity index (χ4n) is 2.52. The number of hydrogen-bond acceptors (Lipinski definition) is 4. The number of nitrogens with one attached hydrogen (secondary N) is 1. The first-order valence-electron chi connectivity index (χ1n) is 7.31. The molecule has 114 valence electrons. The van der Waals surface area contributed by atoms with Crippen molar-refractivity contribution in [3.63, 3.8) is 0 Å². The Morgan fingerprint density at radius 3 is 2.95 bits per heavy atom. The summed E-state index contributed by atoms with van der Waals surface area (Å²) in [5.74, 6) is 1.53. The molecule has 0 aliphatic carbocycles. The molecular formula is C17H18N2OS2. The number of carbonyl (C=O) groups is 1. The summed E-state index contributed by atoms with van der Waals surface area (Å²) in [6.07, 6.45) is 0. The average Bonchev–Trinajstić information content (AvgIpc) is 3.06. The molecule has 0 bridgehead atoms. The Morgan fingerprint density at radius 1 is 1.32 bits per heavy atom. The quantitative estimate of drug-likeness (QED) is 0.926. The SMILES string of the molecule is CC(NC(=O)CSC1=NCCS1)c1cccc2ccccc12. The van der Waals surface area contributed by atoms with Crippen LogP contribution in [0.1, 0.15) is 18.5 Å². The lowest BCUT2D eigenvalue weighted by Gasteiger charge is -2.16. The molecule has 5 heteroatoms. The molecular weight excluding hydrogens is 312 g/mol. The van der Waals surface area contributed by atoms with Gasteiger partial charge in [0.15, 0.2) is 0 Å². The zero-order chi connectivity index (χ0) is 15.4. The molecule has 0 radical (unpaired) electrons. The van der Waals surface area contributed by atoms with E-state index in [0.29, 0.717) is 5.75 Å². The van der Waals surface area contributed by atoms with Gasteiger partial charge in [0.25, 0.3) is 0 Å². The van der Waals surface area contributed by atoms with Gasteiger partial charge < -0.3 is 5.32 Å². The minimum Gasteiger partial charge on any atom is -0.349 e. The van der Waals surface area contributed by atoms with Gasteiger partial charge in [-0.15, -0.1) is 0 Å². The Hall–Kier alpha value is -1.46. The molecule has 1 amide bonds.